The first-order valence-electron chi connectivity index (χ1n) is 10.6. The second-order valence-corrected chi connectivity index (χ2v) is 7.64. The van der Waals surface area contributed by atoms with Crippen LogP contribution in [0.25, 0.3) is 6.08 Å². The fraction of sp³-hybridized carbons (Fsp3) is 0.115. The van der Waals surface area contributed by atoms with Gasteiger partial charge in [0, 0.05) is 11.4 Å². The normalized spacial score (nSPS) is 10.8. The lowest BCUT2D eigenvalue weighted by Gasteiger charge is -2.14. The summed E-state index contributed by atoms with van der Waals surface area (Å²) in [5.74, 6) is -1.80. The zero-order chi connectivity index (χ0) is 26.1. The Morgan fingerprint density at radius 1 is 0.972 bits per heavy atom. The smallest absolute Gasteiger partial charge is 0.266 e. The van der Waals surface area contributed by atoms with Crippen molar-refractivity contribution in [2.45, 2.75) is 6.92 Å². The van der Waals surface area contributed by atoms with Gasteiger partial charge in [-0.2, -0.15) is 5.26 Å². The zero-order valence-corrected chi connectivity index (χ0v) is 19.7. The SMILES string of the molecule is CCOc1cc(/C=C(\C#N)C(=O)Nc2ccc(F)cc2)cc(Cl)c1OCC(=O)Nc1ccc(F)cc1. The number of anilines is 2. The molecule has 0 aliphatic heterocycles. The number of hydrogen-bond donors (Lipinski definition) is 2. The number of rotatable bonds is 9. The van der Waals surface area contributed by atoms with Crippen molar-refractivity contribution in [1.29, 1.82) is 5.26 Å². The van der Waals surface area contributed by atoms with Gasteiger partial charge in [0.2, 0.25) is 0 Å². The maximum absolute atomic E-state index is 13.1. The van der Waals surface area contributed by atoms with Crippen LogP contribution >= 0.6 is 11.6 Å². The third-order valence-electron chi connectivity index (χ3n) is 4.59. The van der Waals surface area contributed by atoms with E-state index in [4.69, 9.17) is 21.1 Å². The van der Waals surface area contributed by atoms with Crippen LogP contribution in [0.4, 0.5) is 20.2 Å². The summed E-state index contributed by atoms with van der Waals surface area (Å²) in [4.78, 5) is 24.7. The minimum absolute atomic E-state index is 0.0815. The molecule has 0 aromatic heterocycles. The first-order chi connectivity index (χ1) is 17.3. The topological polar surface area (TPSA) is 100 Å². The minimum Gasteiger partial charge on any atom is -0.490 e. The molecule has 0 bridgehead atoms. The van der Waals surface area contributed by atoms with Crippen molar-refractivity contribution in [2.24, 2.45) is 0 Å². The van der Waals surface area contributed by atoms with E-state index in [1.165, 1.54) is 66.7 Å². The number of nitrogens with one attached hydrogen (secondary N) is 2. The number of ether oxygens (including phenoxy) is 2. The van der Waals surface area contributed by atoms with Gasteiger partial charge in [0.15, 0.2) is 18.1 Å². The van der Waals surface area contributed by atoms with E-state index in [0.29, 0.717) is 16.9 Å². The van der Waals surface area contributed by atoms with Gasteiger partial charge in [0.05, 0.1) is 11.6 Å². The van der Waals surface area contributed by atoms with Crippen LogP contribution < -0.4 is 20.1 Å². The van der Waals surface area contributed by atoms with Crippen molar-refractivity contribution >= 4 is 40.9 Å². The molecule has 184 valence electrons. The van der Waals surface area contributed by atoms with E-state index in [2.05, 4.69) is 10.6 Å². The lowest BCUT2D eigenvalue weighted by Crippen LogP contribution is -2.20. The van der Waals surface area contributed by atoms with Gasteiger partial charge in [0.1, 0.15) is 23.3 Å². The number of benzene rings is 3. The lowest BCUT2D eigenvalue weighted by atomic mass is 10.1. The van der Waals surface area contributed by atoms with Gasteiger partial charge in [0.25, 0.3) is 11.8 Å². The second-order valence-electron chi connectivity index (χ2n) is 7.24. The Kier molecular flexibility index (Phi) is 8.97. The molecule has 0 heterocycles. The van der Waals surface area contributed by atoms with Crippen molar-refractivity contribution in [3.63, 3.8) is 0 Å². The highest BCUT2D eigenvalue weighted by molar-refractivity contribution is 6.32. The number of halogens is 3. The Labute approximate surface area is 210 Å². The van der Waals surface area contributed by atoms with Crippen molar-refractivity contribution in [2.75, 3.05) is 23.8 Å². The molecule has 0 aliphatic rings. The van der Waals surface area contributed by atoms with Crippen molar-refractivity contribution in [3.8, 4) is 17.6 Å². The molecule has 0 atom stereocenters. The van der Waals surface area contributed by atoms with E-state index in [9.17, 15) is 23.6 Å². The third kappa shape index (κ3) is 7.29. The summed E-state index contributed by atoms with van der Waals surface area (Å²) in [6.07, 6.45) is 1.30. The molecule has 0 unspecified atom stereocenters. The van der Waals surface area contributed by atoms with Gasteiger partial charge in [-0.25, -0.2) is 8.78 Å². The van der Waals surface area contributed by atoms with Crippen LogP contribution in [0.3, 0.4) is 0 Å². The summed E-state index contributed by atoms with van der Waals surface area (Å²) in [6, 6.07) is 15.1. The molecule has 0 fully saturated rings. The molecule has 10 heteroatoms. The van der Waals surface area contributed by atoms with Crippen molar-refractivity contribution in [3.05, 3.63) is 88.5 Å². The van der Waals surface area contributed by atoms with Crippen LogP contribution in [0.5, 0.6) is 11.5 Å². The van der Waals surface area contributed by atoms with Gasteiger partial charge in [-0.05, 0) is 79.2 Å². The molecule has 0 spiro atoms. The van der Waals surface area contributed by atoms with Crippen LogP contribution in [0, 0.1) is 23.0 Å². The van der Waals surface area contributed by atoms with Gasteiger partial charge in [-0.1, -0.05) is 11.6 Å². The lowest BCUT2D eigenvalue weighted by molar-refractivity contribution is -0.118. The van der Waals surface area contributed by atoms with Gasteiger partial charge in [-0.3, -0.25) is 9.59 Å². The van der Waals surface area contributed by atoms with E-state index in [1.54, 1.807) is 6.92 Å². The maximum Gasteiger partial charge on any atom is 0.266 e. The minimum atomic E-state index is -0.698. The second kappa shape index (κ2) is 12.3. The Balaban J connectivity index is 1.76. The third-order valence-corrected chi connectivity index (χ3v) is 4.87. The van der Waals surface area contributed by atoms with Crippen LogP contribution in [0.1, 0.15) is 12.5 Å². The van der Waals surface area contributed by atoms with Crippen molar-refractivity contribution < 1.29 is 27.8 Å². The molecule has 3 rings (SSSR count). The number of nitrogens with zero attached hydrogens (tertiary/aromatic N) is 1. The first kappa shape index (κ1) is 26.2. The van der Waals surface area contributed by atoms with E-state index in [0.717, 1.165) is 0 Å². The van der Waals surface area contributed by atoms with Gasteiger partial charge < -0.3 is 20.1 Å². The Bertz CT molecular complexity index is 1320. The van der Waals surface area contributed by atoms with E-state index < -0.39 is 30.1 Å². The summed E-state index contributed by atoms with van der Waals surface area (Å²) in [5.41, 5.74) is 0.852. The fourth-order valence-corrected chi connectivity index (χ4v) is 3.26. The number of hydrogen-bond acceptors (Lipinski definition) is 5. The summed E-state index contributed by atoms with van der Waals surface area (Å²) < 4.78 is 37.2. The Morgan fingerprint density at radius 2 is 1.56 bits per heavy atom. The van der Waals surface area contributed by atoms with E-state index in [-0.39, 0.29) is 28.7 Å². The van der Waals surface area contributed by atoms with Gasteiger partial charge >= 0.3 is 0 Å². The number of nitriles is 1. The van der Waals surface area contributed by atoms with Crippen LogP contribution in [-0.2, 0) is 9.59 Å². The number of carbonyl (C=O) groups is 2. The molecule has 2 amide bonds. The van der Waals surface area contributed by atoms with E-state index in [1.807, 2.05) is 6.07 Å². The standard InChI is InChI=1S/C26H20ClF2N3O4/c1-2-35-23-13-16(11-17(14-30)26(34)32-21-9-5-19(29)6-10-21)12-22(27)25(23)36-15-24(33)31-20-7-3-18(28)4-8-20/h3-13H,2,15H2,1H3,(H,31,33)(H,32,34)/b17-11+. The highest BCUT2D eigenvalue weighted by Gasteiger charge is 2.16. The molecule has 7 nitrogen and oxygen atoms in total. The van der Waals surface area contributed by atoms with Crippen molar-refractivity contribution in [1.82, 2.24) is 0 Å². The maximum atomic E-state index is 13.1. The summed E-state index contributed by atoms with van der Waals surface area (Å²) in [6.45, 7) is 1.58. The molecule has 0 saturated heterocycles. The van der Waals surface area contributed by atoms with Gasteiger partial charge in [-0.15, -0.1) is 0 Å². The van der Waals surface area contributed by atoms with Crippen LogP contribution in [-0.4, -0.2) is 25.0 Å². The summed E-state index contributed by atoms with van der Waals surface area (Å²) in [7, 11) is 0. The molecule has 0 saturated carbocycles. The van der Waals surface area contributed by atoms with Crippen LogP contribution in [0.15, 0.2) is 66.2 Å². The quantitative estimate of drug-likeness (QED) is 0.288. The predicted molar refractivity (Wildman–Crippen MR) is 132 cm³/mol. The highest BCUT2D eigenvalue weighted by Crippen LogP contribution is 2.37. The molecule has 3 aromatic carbocycles. The number of amides is 2. The monoisotopic (exact) mass is 511 g/mol. The Hall–Kier alpha value is -4.42. The summed E-state index contributed by atoms with van der Waals surface area (Å²) >= 11 is 6.36. The molecule has 0 aliphatic carbocycles. The summed E-state index contributed by atoms with van der Waals surface area (Å²) in [5, 5.41) is 14.6. The zero-order valence-electron chi connectivity index (χ0n) is 19.0. The molecule has 3 aromatic rings. The largest absolute Gasteiger partial charge is 0.490 e. The molecular weight excluding hydrogens is 492 g/mol. The molecular formula is C26H20ClF2N3O4. The molecule has 2 N–H and O–H groups in total. The average Bonchev–Trinajstić information content (AvgIpc) is 2.85. The Morgan fingerprint density at radius 3 is 2.11 bits per heavy atom. The highest BCUT2D eigenvalue weighted by atomic mass is 35.5. The fourth-order valence-electron chi connectivity index (χ4n) is 2.99. The predicted octanol–water partition coefficient (Wildman–Crippen LogP) is 5.58. The first-order valence-corrected chi connectivity index (χ1v) is 11.0. The number of carbonyl (C=O) groups excluding carboxylic acids is 2. The molecule has 36 heavy (non-hydrogen) atoms. The van der Waals surface area contributed by atoms with E-state index >= 15 is 0 Å². The van der Waals surface area contributed by atoms with Crippen LogP contribution in [0.2, 0.25) is 5.02 Å². The molecule has 0 radical (unpaired) electrons. The average molecular weight is 512 g/mol.